The third-order valence-electron chi connectivity index (χ3n) is 2.10. The lowest BCUT2D eigenvalue weighted by Crippen LogP contribution is -2.37. The molecular weight excluding hydrogens is 254 g/mol. The number of nitrogens with one attached hydrogen (secondary N) is 1. The molecule has 0 saturated heterocycles. The second-order valence-corrected chi connectivity index (χ2v) is 4.77. The van der Waals surface area contributed by atoms with Gasteiger partial charge in [-0.15, -0.1) is 0 Å². The third kappa shape index (κ3) is 4.94. The van der Waals surface area contributed by atoms with Gasteiger partial charge < -0.3 is 4.74 Å². The molecule has 5 heteroatoms. The molecule has 4 nitrogen and oxygen atoms in total. The van der Waals surface area contributed by atoms with Crippen LogP contribution in [0.25, 0.3) is 0 Å². The van der Waals surface area contributed by atoms with Crippen molar-refractivity contribution in [3.8, 4) is 5.75 Å². The summed E-state index contributed by atoms with van der Waals surface area (Å²) in [7, 11) is 0. The minimum absolute atomic E-state index is 0.337. The first-order valence-corrected chi connectivity index (χ1v) is 6.21. The standard InChI is InChI=1S/C13H18ClNO3/c1-9(2)8-17-15-13(16)10(3)18-12-7-5-4-6-11(12)14/h4-7,9-10H,8H2,1-3H3,(H,15,16). The highest BCUT2D eigenvalue weighted by Crippen LogP contribution is 2.24. The molecule has 1 amide bonds. The number of amides is 1. The molecule has 18 heavy (non-hydrogen) atoms. The highest BCUT2D eigenvalue weighted by molar-refractivity contribution is 6.32. The Kier molecular flexibility index (Phi) is 5.95. The largest absolute Gasteiger partial charge is 0.479 e. The van der Waals surface area contributed by atoms with E-state index in [4.69, 9.17) is 21.2 Å². The molecule has 0 radical (unpaired) electrons. The van der Waals surface area contributed by atoms with Crippen LogP contribution in [0.15, 0.2) is 24.3 Å². The SMILES string of the molecule is CC(C)CONC(=O)C(C)Oc1ccccc1Cl. The van der Waals surface area contributed by atoms with E-state index in [1.165, 1.54) is 0 Å². The van der Waals surface area contributed by atoms with Gasteiger partial charge in [0.2, 0.25) is 0 Å². The van der Waals surface area contributed by atoms with E-state index < -0.39 is 6.10 Å². The average Bonchev–Trinajstić information content (AvgIpc) is 2.31. The Labute approximate surface area is 112 Å². The zero-order valence-electron chi connectivity index (χ0n) is 10.8. The monoisotopic (exact) mass is 271 g/mol. The molecule has 1 unspecified atom stereocenters. The number of hydroxylamine groups is 1. The zero-order chi connectivity index (χ0) is 13.5. The van der Waals surface area contributed by atoms with Crippen LogP contribution in [0, 0.1) is 5.92 Å². The van der Waals surface area contributed by atoms with Gasteiger partial charge in [-0.1, -0.05) is 37.6 Å². The smallest absolute Gasteiger partial charge is 0.284 e. The van der Waals surface area contributed by atoms with Gasteiger partial charge in [-0.3, -0.25) is 9.63 Å². The lowest BCUT2D eigenvalue weighted by molar-refractivity contribution is -0.140. The van der Waals surface area contributed by atoms with Crippen LogP contribution >= 0.6 is 11.6 Å². The number of benzene rings is 1. The Balaban J connectivity index is 2.43. The molecule has 1 aromatic rings. The van der Waals surface area contributed by atoms with Gasteiger partial charge in [0.25, 0.3) is 5.91 Å². The minimum atomic E-state index is -0.669. The van der Waals surface area contributed by atoms with Crippen LogP contribution in [0.1, 0.15) is 20.8 Å². The van der Waals surface area contributed by atoms with E-state index in [2.05, 4.69) is 5.48 Å². The maximum Gasteiger partial charge on any atom is 0.284 e. The third-order valence-corrected chi connectivity index (χ3v) is 2.41. The number of carbonyl (C=O) groups is 1. The van der Waals surface area contributed by atoms with Crippen molar-refractivity contribution in [2.45, 2.75) is 26.9 Å². The van der Waals surface area contributed by atoms with E-state index in [0.717, 1.165) is 0 Å². The second kappa shape index (κ2) is 7.24. The molecule has 0 aliphatic rings. The number of ether oxygens (including phenoxy) is 1. The molecule has 0 aromatic heterocycles. The number of hydrogen-bond donors (Lipinski definition) is 1. The van der Waals surface area contributed by atoms with Crippen LogP contribution in [0.3, 0.4) is 0 Å². The molecule has 1 rings (SSSR count). The summed E-state index contributed by atoms with van der Waals surface area (Å²) in [5.74, 6) is 0.492. The van der Waals surface area contributed by atoms with E-state index in [-0.39, 0.29) is 5.91 Å². The number of halogens is 1. The summed E-state index contributed by atoms with van der Waals surface area (Å²) in [6.45, 7) is 6.09. The van der Waals surface area contributed by atoms with Crippen molar-refractivity contribution in [3.63, 3.8) is 0 Å². The van der Waals surface area contributed by atoms with Crippen molar-refractivity contribution in [1.82, 2.24) is 5.48 Å². The molecule has 1 atom stereocenters. The van der Waals surface area contributed by atoms with Crippen molar-refractivity contribution in [1.29, 1.82) is 0 Å². The van der Waals surface area contributed by atoms with Crippen LogP contribution in [0.4, 0.5) is 0 Å². The van der Waals surface area contributed by atoms with Crippen molar-refractivity contribution >= 4 is 17.5 Å². The molecule has 0 aliphatic heterocycles. The van der Waals surface area contributed by atoms with Crippen LogP contribution in [-0.4, -0.2) is 18.6 Å². The fourth-order valence-corrected chi connectivity index (χ4v) is 1.33. The maximum absolute atomic E-state index is 11.6. The highest BCUT2D eigenvalue weighted by Gasteiger charge is 2.16. The predicted molar refractivity (Wildman–Crippen MR) is 70.5 cm³/mol. The summed E-state index contributed by atoms with van der Waals surface area (Å²) < 4.78 is 5.44. The van der Waals surface area contributed by atoms with Crippen LogP contribution < -0.4 is 10.2 Å². The molecule has 0 spiro atoms. The number of para-hydroxylation sites is 1. The molecule has 1 aromatic carbocycles. The molecule has 0 saturated carbocycles. The first kappa shape index (κ1) is 14.8. The number of carbonyl (C=O) groups excluding carboxylic acids is 1. The molecule has 0 fully saturated rings. The summed E-state index contributed by atoms with van der Waals surface area (Å²) in [6, 6.07) is 7.00. The quantitative estimate of drug-likeness (QED) is 0.810. The fourth-order valence-electron chi connectivity index (χ4n) is 1.15. The molecule has 1 N–H and O–H groups in total. The fraction of sp³-hybridized carbons (Fsp3) is 0.462. The predicted octanol–water partition coefficient (Wildman–Crippen LogP) is 2.81. The van der Waals surface area contributed by atoms with Gasteiger partial charge in [0, 0.05) is 0 Å². The van der Waals surface area contributed by atoms with Gasteiger partial charge >= 0.3 is 0 Å². The zero-order valence-corrected chi connectivity index (χ0v) is 11.5. The van der Waals surface area contributed by atoms with Gasteiger partial charge in [-0.05, 0) is 25.0 Å². The minimum Gasteiger partial charge on any atom is -0.479 e. The first-order valence-electron chi connectivity index (χ1n) is 5.83. The summed E-state index contributed by atoms with van der Waals surface area (Å²) in [5.41, 5.74) is 2.35. The van der Waals surface area contributed by atoms with Gasteiger partial charge in [0.1, 0.15) is 5.75 Å². The Morgan fingerprint density at radius 3 is 2.61 bits per heavy atom. The Morgan fingerprint density at radius 1 is 1.33 bits per heavy atom. The Morgan fingerprint density at radius 2 is 2.00 bits per heavy atom. The average molecular weight is 272 g/mol. The van der Waals surface area contributed by atoms with E-state index in [9.17, 15) is 4.79 Å². The summed E-state index contributed by atoms with van der Waals surface area (Å²) >= 11 is 5.93. The first-order chi connectivity index (χ1) is 8.50. The van der Waals surface area contributed by atoms with Crippen LogP contribution in [-0.2, 0) is 9.63 Å². The normalized spacial score (nSPS) is 12.3. The Hall–Kier alpha value is -1.26. The van der Waals surface area contributed by atoms with E-state index >= 15 is 0 Å². The summed E-state index contributed by atoms with van der Waals surface area (Å²) in [4.78, 5) is 16.7. The molecule has 0 aliphatic carbocycles. The molecule has 0 bridgehead atoms. The molecule has 0 heterocycles. The van der Waals surface area contributed by atoms with Gasteiger partial charge in [0.15, 0.2) is 6.10 Å². The van der Waals surface area contributed by atoms with Crippen LogP contribution in [0.2, 0.25) is 5.02 Å². The van der Waals surface area contributed by atoms with E-state index in [0.29, 0.717) is 23.3 Å². The second-order valence-electron chi connectivity index (χ2n) is 4.36. The van der Waals surface area contributed by atoms with Crippen molar-refractivity contribution in [2.75, 3.05) is 6.61 Å². The van der Waals surface area contributed by atoms with Gasteiger partial charge in [-0.2, -0.15) is 0 Å². The van der Waals surface area contributed by atoms with Gasteiger partial charge in [0.05, 0.1) is 11.6 Å². The highest BCUT2D eigenvalue weighted by atomic mass is 35.5. The van der Waals surface area contributed by atoms with E-state index in [1.807, 2.05) is 13.8 Å². The van der Waals surface area contributed by atoms with Crippen LogP contribution in [0.5, 0.6) is 5.75 Å². The summed E-state index contributed by atoms with van der Waals surface area (Å²) in [5, 5.41) is 0.472. The molecule has 100 valence electrons. The number of hydrogen-bond acceptors (Lipinski definition) is 3. The lowest BCUT2D eigenvalue weighted by atomic mass is 10.2. The Bertz CT molecular complexity index is 396. The van der Waals surface area contributed by atoms with Crippen molar-refractivity contribution < 1.29 is 14.4 Å². The topological polar surface area (TPSA) is 47.6 Å². The van der Waals surface area contributed by atoms with E-state index in [1.54, 1.807) is 31.2 Å². The molecular formula is C13H18ClNO3. The van der Waals surface area contributed by atoms with Gasteiger partial charge in [-0.25, -0.2) is 5.48 Å². The lowest BCUT2D eigenvalue weighted by Gasteiger charge is -2.15. The maximum atomic E-state index is 11.6. The van der Waals surface area contributed by atoms with Crippen molar-refractivity contribution in [3.05, 3.63) is 29.3 Å². The summed E-state index contributed by atoms with van der Waals surface area (Å²) in [6.07, 6.45) is -0.669. The van der Waals surface area contributed by atoms with Crippen molar-refractivity contribution in [2.24, 2.45) is 5.92 Å². The number of rotatable bonds is 6.